The molecule has 0 N–H and O–H groups in total. The van der Waals surface area contributed by atoms with E-state index in [1.807, 2.05) is 0 Å². The highest BCUT2D eigenvalue weighted by molar-refractivity contribution is 7.92. The van der Waals surface area contributed by atoms with Crippen molar-refractivity contribution in [3.63, 3.8) is 0 Å². The second-order valence-corrected chi connectivity index (χ2v) is 8.73. The van der Waals surface area contributed by atoms with Crippen LogP contribution in [0.1, 0.15) is 16.8 Å². The molecule has 1 amide bonds. The number of carbonyl (C=O) groups is 1. The van der Waals surface area contributed by atoms with E-state index in [-0.39, 0.29) is 23.5 Å². The number of para-hydroxylation sites is 1. The number of hydrogen-bond donors (Lipinski definition) is 0. The summed E-state index contributed by atoms with van der Waals surface area (Å²) < 4.78 is 30.7. The molecule has 0 radical (unpaired) electrons. The van der Waals surface area contributed by atoms with Crippen LogP contribution in [0.3, 0.4) is 0 Å². The summed E-state index contributed by atoms with van der Waals surface area (Å²) in [6.45, 7) is 0.337. The molecule has 1 aliphatic heterocycles. The minimum atomic E-state index is -3.53. The molecule has 0 bridgehead atoms. The average Bonchev–Trinajstić information content (AvgIpc) is 3.19. The molecular weight excluding hydrogens is 366 g/mol. The van der Waals surface area contributed by atoms with Crippen molar-refractivity contribution in [2.75, 3.05) is 13.1 Å². The first-order valence-corrected chi connectivity index (χ1v) is 10.1. The van der Waals surface area contributed by atoms with Crippen molar-refractivity contribution in [2.24, 2.45) is 0 Å². The summed E-state index contributed by atoms with van der Waals surface area (Å²) in [6, 6.07) is 16.6. The van der Waals surface area contributed by atoms with Crippen molar-refractivity contribution in [3.8, 4) is 0 Å². The lowest BCUT2D eigenvalue weighted by Crippen LogP contribution is -2.34. The first-order chi connectivity index (χ1) is 13.0. The second kappa shape index (κ2) is 6.66. The van der Waals surface area contributed by atoms with Gasteiger partial charge in [0.25, 0.3) is 5.91 Å². The molecule has 2 aromatic carbocycles. The zero-order valence-electron chi connectivity index (χ0n) is 14.4. The molecule has 138 valence electrons. The van der Waals surface area contributed by atoms with Crippen molar-refractivity contribution in [3.05, 3.63) is 76.6 Å². The molecule has 7 heteroatoms. The number of amides is 1. The third kappa shape index (κ3) is 3.14. The Labute approximate surface area is 156 Å². The highest BCUT2D eigenvalue weighted by atomic mass is 32.2. The molecular formula is C20H17NO5S. The van der Waals surface area contributed by atoms with E-state index in [9.17, 15) is 18.0 Å². The molecule has 1 saturated heterocycles. The zero-order valence-corrected chi connectivity index (χ0v) is 15.2. The SMILES string of the molecule is O=C(c1cc2ccccc2oc1=O)N1CCC(S(=O)(=O)c2ccccc2)C1. The predicted molar refractivity (Wildman–Crippen MR) is 100 cm³/mol. The number of fused-ring (bicyclic) bond motifs is 1. The Morgan fingerprint density at radius 3 is 2.52 bits per heavy atom. The van der Waals surface area contributed by atoms with E-state index in [4.69, 9.17) is 4.42 Å². The molecule has 6 nitrogen and oxygen atoms in total. The van der Waals surface area contributed by atoms with Gasteiger partial charge in [-0.05, 0) is 30.7 Å². The van der Waals surface area contributed by atoms with Gasteiger partial charge in [0.15, 0.2) is 9.84 Å². The lowest BCUT2D eigenvalue weighted by atomic mass is 10.1. The molecule has 0 saturated carbocycles. The van der Waals surface area contributed by atoms with Crippen molar-refractivity contribution in [1.29, 1.82) is 0 Å². The Hall–Kier alpha value is -2.93. The van der Waals surface area contributed by atoms with Gasteiger partial charge in [0.05, 0.1) is 10.1 Å². The number of benzene rings is 2. The van der Waals surface area contributed by atoms with Crippen LogP contribution in [0.15, 0.2) is 74.8 Å². The monoisotopic (exact) mass is 383 g/mol. The van der Waals surface area contributed by atoms with Crippen LogP contribution in [0, 0.1) is 0 Å². The fourth-order valence-electron chi connectivity index (χ4n) is 3.35. The molecule has 1 unspecified atom stereocenters. The zero-order chi connectivity index (χ0) is 19.0. The molecule has 2 heterocycles. The van der Waals surface area contributed by atoms with Gasteiger partial charge in [-0.2, -0.15) is 0 Å². The lowest BCUT2D eigenvalue weighted by Gasteiger charge is -2.16. The van der Waals surface area contributed by atoms with Gasteiger partial charge in [0.2, 0.25) is 0 Å². The van der Waals surface area contributed by atoms with Gasteiger partial charge in [-0.25, -0.2) is 13.2 Å². The van der Waals surface area contributed by atoms with Gasteiger partial charge in [0, 0.05) is 18.5 Å². The van der Waals surface area contributed by atoms with Gasteiger partial charge in [-0.15, -0.1) is 0 Å². The third-order valence-electron chi connectivity index (χ3n) is 4.81. The molecule has 4 rings (SSSR count). The Balaban J connectivity index is 1.60. The van der Waals surface area contributed by atoms with Crippen LogP contribution in [0.2, 0.25) is 0 Å². The van der Waals surface area contributed by atoms with Crippen molar-refractivity contribution in [1.82, 2.24) is 4.90 Å². The highest BCUT2D eigenvalue weighted by Crippen LogP contribution is 2.25. The average molecular weight is 383 g/mol. The summed E-state index contributed by atoms with van der Waals surface area (Å²) in [5.41, 5.74) is -0.385. The van der Waals surface area contributed by atoms with E-state index >= 15 is 0 Å². The van der Waals surface area contributed by atoms with Crippen LogP contribution in [-0.2, 0) is 9.84 Å². The number of nitrogens with zero attached hydrogens (tertiary/aromatic N) is 1. The number of sulfone groups is 1. The van der Waals surface area contributed by atoms with Crippen LogP contribution in [0.5, 0.6) is 0 Å². The van der Waals surface area contributed by atoms with Gasteiger partial charge in [-0.3, -0.25) is 4.79 Å². The minimum Gasteiger partial charge on any atom is -0.422 e. The van der Waals surface area contributed by atoms with Gasteiger partial charge >= 0.3 is 5.63 Å². The molecule has 3 aromatic rings. The molecule has 0 aliphatic carbocycles. The summed E-state index contributed by atoms with van der Waals surface area (Å²) in [6.07, 6.45) is 0.335. The predicted octanol–water partition coefficient (Wildman–Crippen LogP) is 2.48. The van der Waals surface area contributed by atoms with E-state index in [2.05, 4.69) is 0 Å². The van der Waals surface area contributed by atoms with E-state index in [1.54, 1.807) is 54.6 Å². The van der Waals surface area contributed by atoms with E-state index in [0.29, 0.717) is 17.4 Å². The summed E-state index contributed by atoms with van der Waals surface area (Å²) in [5, 5.41) is -0.0375. The van der Waals surface area contributed by atoms with Crippen LogP contribution in [0.25, 0.3) is 11.0 Å². The van der Waals surface area contributed by atoms with Crippen LogP contribution in [0.4, 0.5) is 0 Å². The molecule has 1 aliphatic rings. The topological polar surface area (TPSA) is 84.7 Å². The summed E-state index contributed by atoms with van der Waals surface area (Å²) in [5.74, 6) is -0.500. The first-order valence-electron chi connectivity index (χ1n) is 8.58. The fourth-order valence-corrected chi connectivity index (χ4v) is 5.06. The van der Waals surface area contributed by atoms with Crippen LogP contribution >= 0.6 is 0 Å². The van der Waals surface area contributed by atoms with Gasteiger partial charge in [0.1, 0.15) is 11.1 Å². The van der Waals surface area contributed by atoms with E-state index in [0.717, 1.165) is 0 Å². The number of carbonyl (C=O) groups excluding carboxylic acids is 1. The smallest absolute Gasteiger partial charge is 0.349 e. The summed E-state index contributed by atoms with van der Waals surface area (Å²) in [4.78, 5) is 26.6. The standard InChI is InChI=1S/C20H17NO5S/c22-19(17-12-14-6-4-5-9-18(14)26-20(17)23)21-11-10-16(13-21)27(24,25)15-7-2-1-3-8-15/h1-9,12,16H,10-11,13H2. The van der Waals surface area contributed by atoms with Gasteiger partial charge in [-0.1, -0.05) is 36.4 Å². The largest absolute Gasteiger partial charge is 0.422 e. The lowest BCUT2D eigenvalue weighted by molar-refractivity contribution is 0.0789. The maximum atomic E-state index is 12.8. The van der Waals surface area contributed by atoms with E-state index in [1.165, 1.54) is 11.0 Å². The minimum absolute atomic E-state index is 0.0579. The van der Waals surface area contributed by atoms with Crippen molar-refractivity contribution >= 4 is 26.7 Å². The molecule has 1 aromatic heterocycles. The summed E-state index contributed by atoms with van der Waals surface area (Å²) in [7, 11) is -3.53. The number of likely N-dealkylation sites (tertiary alicyclic amines) is 1. The van der Waals surface area contributed by atoms with E-state index < -0.39 is 26.6 Å². The Morgan fingerprint density at radius 1 is 1.04 bits per heavy atom. The van der Waals surface area contributed by atoms with Crippen LogP contribution in [-0.4, -0.2) is 37.6 Å². The first kappa shape index (κ1) is 17.5. The Bertz CT molecular complexity index is 1170. The highest BCUT2D eigenvalue weighted by Gasteiger charge is 2.37. The Kier molecular flexibility index (Phi) is 4.31. The molecule has 1 atom stereocenters. The van der Waals surface area contributed by atoms with Crippen LogP contribution < -0.4 is 5.63 Å². The molecule has 27 heavy (non-hydrogen) atoms. The normalized spacial score (nSPS) is 17.3. The molecule has 0 spiro atoms. The number of rotatable bonds is 3. The summed E-state index contributed by atoms with van der Waals surface area (Å²) >= 11 is 0. The maximum absolute atomic E-state index is 12.8. The van der Waals surface area contributed by atoms with Crippen molar-refractivity contribution in [2.45, 2.75) is 16.6 Å². The third-order valence-corrected chi connectivity index (χ3v) is 7.01. The van der Waals surface area contributed by atoms with Crippen molar-refractivity contribution < 1.29 is 17.6 Å². The maximum Gasteiger partial charge on any atom is 0.349 e. The second-order valence-electron chi connectivity index (χ2n) is 6.51. The molecule has 1 fully saturated rings. The number of hydrogen-bond acceptors (Lipinski definition) is 5. The van der Waals surface area contributed by atoms with Gasteiger partial charge < -0.3 is 9.32 Å². The Morgan fingerprint density at radius 2 is 1.74 bits per heavy atom. The fraction of sp³-hybridized carbons (Fsp3) is 0.200. The quantitative estimate of drug-likeness (QED) is 0.649.